The van der Waals surface area contributed by atoms with Gasteiger partial charge in [-0.05, 0) is 55.7 Å². The number of carbonyl (C=O) groups is 2. The Balaban J connectivity index is 1.47. The van der Waals surface area contributed by atoms with Gasteiger partial charge in [-0.3, -0.25) is 9.78 Å². The van der Waals surface area contributed by atoms with Gasteiger partial charge in [0, 0.05) is 48.0 Å². The van der Waals surface area contributed by atoms with E-state index in [0.29, 0.717) is 29.5 Å². The van der Waals surface area contributed by atoms with Gasteiger partial charge in [-0.1, -0.05) is 11.6 Å². The molecule has 4 rings (SSSR count). The molecule has 1 aromatic heterocycles. The number of aromatic nitrogens is 1. The molecule has 1 aromatic carbocycles. The van der Waals surface area contributed by atoms with Gasteiger partial charge in [0.1, 0.15) is 5.75 Å². The van der Waals surface area contributed by atoms with E-state index in [9.17, 15) is 9.59 Å². The molecule has 2 aliphatic rings. The highest BCUT2D eigenvalue weighted by molar-refractivity contribution is 6.30. The van der Waals surface area contributed by atoms with E-state index in [1.807, 2.05) is 12.1 Å². The first-order chi connectivity index (χ1) is 15.4. The number of anilines is 1. The van der Waals surface area contributed by atoms with E-state index < -0.39 is 5.41 Å². The Hall–Kier alpha value is -2.84. The van der Waals surface area contributed by atoms with Gasteiger partial charge in [0.15, 0.2) is 0 Å². The number of hydrogen-bond donors (Lipinski definition) is 3. The molecule has 2 atom stereocenters. The summed E-state index contributed by atoms with van der Waals surface area (Å²) in [4.78, 5) is 31.4. The molecular formula is C23H28ClN5O3. The van der Waals surface area contributed by atoms with Crippen LogP contribution in [0.2, 0.25) is 5.02 Å². The summed E-state index contributed by atoms with van der Waals surface area (Å²) in [6.07, 6.45) is 4.11. The molecule has 8 nitrogen and oxygen atoms in total. The van der Waals surface area contributed by atoms with Gasteiger partial charge in [0.2, 0.25) is 5.91 Å². The van der Waals surface area contributed by atoms with Crippen LogP contribution < -0.4 is 21.1 Å². The number of methoxy groups -OCH3 is 1. The van der Waals surface area contributed by atoms with Crippen LogP contribution in [0.4, 0.5) is 10.5 Å². The molecule has 1 saturated heterocycles. The number of ether oxygens (including phenoxy) is 1. The van der Waals surface area contributed by atoms with Crippen LogP contribution in [-0.4, -0.2) is 54.6 Å². The first-order valence-electron chi connectivity index (χ1n) is 10.7. The molecule has 0 spiro atoms. The topological polar surface area (TPSA) is 110 Å². The highest BCUT2D eigenvalue weighted by atomic mass is 35.5. The highest BCUT2D eigenvalue weighted by Gasteiger charge is 2.50. The molecule has 3 amide bonds. The smallest absolute Gasteiger partial charge is 0.319 e. The molecule has 9 heteroatoms. The number of primary amides is 1. The Kier molecular flexibility index (Phi) is 6.53. The van der Waals surface area contributed by atoms with E-state index >= 15 is 0 Å². The van der Waals surface area contributed by atoms with Gasteiger partial charge in [-0.15, -0.1) is 0 Å². The summed E-state index contributed by atoms with van der Waals surface area (Å²) in [7, 11) is 1.60. The zero-order chi connectivity index (χ0) is 22.7. The van der Waals surface area contributed by atoms with Crippen molar-refractivity contribution in [1.82, 2.24) is 15.2 Å². The van der Waals surface area contributed by atoms with Crippen molar-refractivity contribution in [3.8, 4) is 5.75 Å². The zero-order valence-corrected chi connectivity index (χ0v) is 18.8. The van der Waals surface area contributed by atoms with Crippen molar-refractivity contribution < 1.29 is 14.3 Å². The summed E-state index contributed by atoms with van der Waals surface area (Å²) in [6, 6.07) is 10.4. The zero-order valence-electron chi connectivity index (χ0n) is 18.0. The number of nitrogens with two attached hydrogens (primary N) is 1. The number of piperidine rings is 1. The van der Waals surface area contributed by atoms with Crippen molar-refractivity contribution in [2.75, 3.05) is 32.1 Å². The number of nitrogens with one attached hydrogen (secondary N) is 2. The maximum atomic E-state index is 12.7. The molecule has 4 N–H and O–H groups in total. The van der Waals surface area contributed by atoms with Crippen molar-refractivity contribution >= 4 is 29.2 Å². The van der Waals surface area contributed by atoms with E-state index in [4.69, 9.17) is 22.1 Å². The summed E-state index contributed by atoms with van der Waals surface area (Å²) in [5.74, 6) is 0.422. The first-order valence-corrected chi connectivity index (χ1v) is 11.1. The fourth-order valence-corrected chi connectivity index (χ4v) is 4.42. The van der Waals surface area contributed by atoms with Crippen LogP contribution in [0.15, 0.2) is 42.6 Å². The van der Waals surface area contributed by atoms with E-state index in [1.165, 1.54) is 0 Å². The minimum Gasteiger partial charge on any atom is -0.495 e. The second-order valence-electron chi connectivity index (χ2n) is 8.61. The number of pyridine rings is 1. The largest absolute Gasteiger partial charge is 0.495 e. The third kappa shape index (κ3) is 5.14. The number of amides is 3. The van der Waals surface area contributed by atoms with Gasteiger partial charge in [-0.25, -0.2) is 4.79 Å². The lowest BCUT2D eigenvalue weighted by Gasteiger charge is -2.39. The molecule has 2 fully saturated rings. The quantitative estimate of drug-likeness (QED) is 0.592. The molecule has 2 aromatic rings. The van der Waals surface area contributed by atoms with Crippen molar-refractivity contribution in [2.24, 2.45) is 11.1 Å². The van der Waals surface area contributed by atoms with Crippen molar-refractivity contribution in [1.29, 1.82) is 0 Å². The van der Waals surface area contributed by atoms with Crippen molar-refractivity contribution in [2.45, 2.75) is 31.2 Å². The number of hydrogen-bond acceptors (Lipinski definition) is 5. The van der Waals surface area contributed by atoms with Gasteiger partial charge in [0.25, 0.3) is 0 Å². The number of carbonyl (C=O) groups excluding carboxylic acids is 2. The second kappa shape index (κ2) is 9.34. The Labute approximate surface area is 192 Å². The van der Waals surface area contributed by atoms with E-state index in [0.717, 1.165) is 31.5 Å². The fourth-order valence-electron chi connectivity index (χ4n) is 4.30. The maximum absolute atomic E-state index is 12.7. The number of benzene rings is 1. The summed E-state index contributed by atoms with van der Waals surface area (Å²) >= 11 is 5.92. The molecule has 2 heterocycles. The van der Waals surface area contributed by atoms with E-state index in [1.54, 1.807) is 37.6 Å². The molecular weight excluding hydrogens is 430 g/mol. The summed E-state index contributed by atoms with van der Waals surface area (Å²) in [5.41, 5.74) is 6.78. The number of nitrogens with zero attached hydrogens (tertiary/aromatic N) is 2. The van der Waals surface area contributed by atoms with Crippen LogP contribution in [0.3, 0.4) is 0 Å². The first kappa shape index (κ1) is 22.4. The molecule has 1 aliphatic heterocycles. The monoisotopic (exact) mass is 457 g/mol. The van der Waals surface area contributed by atoms with Crippen LogP contribution in [0.25, 0.3) is 0 Å². The lowest BCUT2D eigenvalue weighted by Crippen LogP contribution is -2.52. The van der Waals surface area contributed by atoms with Crippen LogP contribution in [0, 0.1) is 5.41 Å². The van der Waals surface area contributed by atoms with Crippen LogP contribution in [0.5, 0.6) is 5.75 Å². The molecule has 32 heavy (non-hydrogen) atoms. The van der Waals surface area contributed by atoms with Crippen LogP contribution in [0.1, 0.15) is 30.9 Å². The van der Waals surface area contributed by atoms with Crippen LogP contribution >= 0.6 is 11.6 Å². The maximum Gasteiger partial charge on any atom is 0.319 e. The number of halogens is 1. The van der Waals surface area contributed by atoms with Gasteiger partial charge < -0.3 is 26.0 Å². The SMILES string of the molecule is COc1ccc(C2CN(CC3(C(N)=O)CC3)CCC2NC(=O)Nc2ccc(Cl)cc2)nc1. The normalized spacial score (nSPS) is 22.1. The number of likely N-dealkylation sites (tertiary alicyclic amines) is 1. The molecule has 170 valence electrons. The average Bonchev–Trinajstić information content (AvgIpc) is 3.57. The molecule has 0 radical (unpaired) electrons. The average molecular weight is 458 g/mol. The molecule has 0 bridgehead atoms. The van der Waals surface area contributed by atoms with E-state index in [-0.39, 0.29) is 23.9 Å². The fraction of sp³-hybridized carbons (Fsp3) is 0.435. The third-order valence-corrected chi connectivity index (χ3v) is 6.64. The summed E-state index contributed by atoms with van der Waals surface area (Å²) < 4.78 is 5.23. The Morgan fingerprint density at radius 2 is 2.00 bits per heavy atom. The Morgan fingerprint density at radius 3 is 2.59 bits per heavy atom. The minimum atomic E-state index is -0.399. The highest BCUT2D eigenvalue weighted by Crippen LogP contribution is 2.46. The predicted octanol–water partition coefficient (Wildman–Crippen LogP) is 2.99. The molecule has 1 aliphatic carbocycles. The van der Waals surface area contributed by atoms with Gasteiger partial charge in [0.05, 0.1) is 18.7 Å². The van der Waals surface area contributed by atoms with Crippen molar-refractivity contribution in [3.05, 3.63) is 53.3 Å². The predicted molar refractivity (Wildman–Crippen MR) is 123 cm³/mol. The van der Waals surface area contributed by atoms with Crippen LogP contribution in [-0.2, 0) is 4.79 Å². The van der Waals surface area contributed by atoms with Crippen molar-refractivity contribution in [3.63, 3.8) is 0 Å². The molecule has 1 saturated carbocycles. The lowest BCUT2D eigenvalue weighted by atomic mass is 9.88. The summed E-state index contributed by atoms with van der Waals surface area (Å²) in [5, 5.41) is 6.58. The van der Waals surface area contributed by atoms with Gasteiger partial charge >= 0.3 is 6.03 Å². The van der Waals surface area contributed by atoms with E-state index in [2.05, 4.69) is 20.5 Å². The number of urea groups is 1. The summed E-state index contributed by atoms with van der Waals surface area (Å²) in [6.45, 7) is 2.10. The second-order valence-corrected chi connectivity index (χ2v) is 9.05. The third-order valence-electron chi connectivity index (χ3n) is 6.39. The minimum absolute atomic E-state index is 0.0331. The molecule has 2 unspecified atom stereocenters. The number of rotatable bonds is 7. The standard InChI is InChI=1S/C23H28ClN5O3/c1-32-17-6-7-19(26-12-17)18-13-29(14-23(9-10-23)21(25)30)11-8-20(18)28-22(31)27-16-4-2-15(24)3-5-16/h2-7,12,18,20H,8-11,13-14H2,1H3,(H2,25,30)(H2,27,28,31). The Bertz CT molecular complexity index is 963. The van der Waals surface area contributed by atoms with Gasteiger partial charge in [-0.2, -0.15) is 0 Å². The lowest BCUT2D eigenvalue weighted by molar-refractivity contribution is -0.123. The Morgan fingerprint density at radius 1 is 1.25 bits per heavy atom.